The first kappa shape index (κ1) is 14.9. The van der Waals surface area contributed by atoms with Crippen molar-refractivity contribution in [2.24, 2.45) is 0 Å². The van der Waals surface area contributed by atoms with Gasteiger partial charge >= 0.3 is 0 Å². The Bertz CT molecular complexity index is 586. The Morgan fingerprint density at radius 3 is 2.70 bits per heavy atom. The Morgan fingerprint density at radius 2 is 2.05 bits per heavy atom. The fourth-order valence-electron chi connectivity index (χ4n) is 1.73. The van der Waals surface area contributed by atoms with Gasteiger partial charge in [-0.1, -0.05) is 36.2 Å². The van der Waals surface area contributed by atoms with Crippen molar-refractivity contribution < 1.29 is 9.59 Å². The molecule has 1 aromatic rings. The predicted octanol–water partition coefficient (Wildman–Crippen LogP) is 4.09. The number of halogens is 1. The van der Waals surface area contributed by atoms with Crippen LogP contribution in [0.3, 0.4) is 0 Å². The van der Waals surface area contributed by atoms with Crippen LogP contribution < -0.4 is 5.32 Å². The standard InChI is InChI=1S/C14H15ClN2O2S/c1-3-9(2)12-13(18)17(14(19)20-12)8-16-11-7-5-4-6-10(11)15/h4-7,16H,3,8H2,1-2H3/b12-9+. The molecule has 1 aliphatic rings. The van der Waals surface area contributed by atoms with E-state index in [-0.39, 0.29) is 17.8 Å². The molecule has 0 bridgehead atoms. The Hall–Kier alpha value is -1.46. The van der Waals surface area contributed by atoms with Gasteiger partial charge < -0.3 is 5.32 Å². The number of para-hydroxylation sites is 1. The molecule has 0 unspecified atom stereocenters. The molecule has 1 saturated heterocycles. The highest BCUT2D eigenvalue weighted by atomic mass is 35.5. The first-order chi connectivity index (χ1) is 9.54. The van der Waals surface area contributed by atoms with Gasteiger partial charge in [-0.3, -0.25) is 14.5 Å². The molecule has 6 heteroatoms. The normalized spacial score (nSPS) is 17.6. The van der Waals surface area contributed by atoms with Crippen molar-refractivity contribution >= 4 is 40.2 Å². The van der Waals surface area contributed by atoms with Gasteiger partial charge in [-0.25, -0.2) is 0 Å². The third kappa shape index (κ3) is 2.99. The van der Waals surface area contributed by atoms with Gasteiger partial charge in [0.2, 0.25) is 0 Å². The van der Waals surface area contributed by atoms with Crippen LogP contribution in [-0.2, 0) is 4.79 Å². The van der Waals surface area contributed by atoms with E-state index in [1.165, 1.54) is 4.90 Å². The number of nitrogens with one attached hydrogen (secondary N) is 1. The van der Waals surface area contributed by atoms with Crippen molar-refractivity contribution in [3.05, 3.63) is 39.8 Å². The van der Waals surface area contributed by atoms with Gasteiger partial charge in [0.25, 0.3) is 11.1 Å². The number of rotatable bonds is 4. The molecule has 1 aliphatic heterocycles. The molecule has 2 amide bonds. The van der Waals surface area contributed by atoms with Crippen LogP contribution in [0.5, 0.6) is 0 Å². The van der Waals surface area contributed by atoms with E-state index in [4.69, 9.17) is 11.6 Å². The monoisotopic (exact) mass is 310 g/mol. The van der Waals surface area contributed by atoms with E-state index in [1.54, 1.807) is 12.1 Å². The minimum Gasteiger partial charge on any atom is -0.366 e. The molecule has 1 N–H and O–H groups in total. The molecule has 0 aliphatic carbocycles. The second kappa shape index (κ2) is 6.33. The summed E-state index contributed by atoms with van der Waals surface area (Å²) in [5.74, 6) is -0.237. The summed E-state index contributed by atoms with van der Waals surface area (Å²) in [5.41, 5.74) is 1.64. The molecule has 0 atom stereocenters. The van der Waals surface area contributed by atoms with Crippen molar-refractivity contribution in [2.45, 2.75) is 20.3 Å². The molecule has 0 saturated carbocycles. The van der Waals surface area contributed by atoms with Crippen LogP contribution in [-0.4, -0.2) is 22.7 Å². The van der Waals surface area contributed by atoms with Crippen molar-refractivity contribution in [3.63, 3.8) is 0 Å². The number of benzene rings is 1. The number of imide groups is 1. The largest absolute Gasteiger partial charge is 0.366 e. The summed E-state index contributed by atoms with van der Waals surface area (Å²) in [6.45, 7) is 3.96. The molecule has 4 nitrogen and oxygen atoms in total. The number of carbonyl (C=O) groups is 2. The van der Waals surface area contributed by atoms with Crippen LogP contribution in [0, 0.1) is 0 Å². The SMILES string of the molecule is CC/C(C)=C1/SC(=O)N(CNc2ccccc2Cl)C1=O. The fourth-order valence-corrected chi connectivity index (χ4v) is 2.88. The molecule has 1 heterocycles. The number of anilines is 1. The van der Waals surface area contributed by atoms with Crippen LogP contribution in [0.1, 0.15) is 20.3 Å². The lowest BCUT2D eigenvalue weighted by Crippen LogP contribution is -2.33. The Balaban J connectivity index is 2.09. The highest BCUT2D eigenvalue weighted by Gasteiger charge is 2.35. The van der Waals surface area contributed by atoms with E-state index in [2.05, 4.69) is 5.32 Å². The van der Waals surface area contributed by atoms with Crippen molar-refractivity contribution in [3.8, 4) is 0 Å². The van der Waals surface area contributed by atoms with Crippen LogP contribution in [0.25, 0.3) is 0 Å². The Morgan fingerprint density at radius 1 is 1.35 bits per heavy atom. The van der Waals surface area contributed by atoms with E-state index in [1.807, 2.05) is 26.0 Å². The first-order valence-electron chi connectivity index (χ1n) is 6.26. The van der Waals surface area contributed by atoms with E-state index in [0.717, 1.165) is 23.8 Å². The molecule has 1 aromatic carbocycles. The Labute approximate surface area is 127 Å². The second-order valence-corrected chi connectivity index (χ2v) is 5.75. The van der Waals surface area contributed by atoms with Crippen molar-refractivity contribution in [1.82, 2.24) is 4.90 Å². The number of carbonyl (C=O) groups excluding carboxylic acids is 2. The molecule has 0 aromatic heterocycles. The lowest BCUT2D eigenvalue weighted by molar-refractivity contribution is -0.122. The van der Waals surface area contributed by atoms with Gasteiger partial charge in [-0.15, -0.1) is 0 Å². The molecule has 0 spiro atoms. The highest BCUT2D eigenvalue weighted by molar-refractivity contribution is 8.18. The molecule has 106 valence electrons. The van der Waals surface area contributed by atoms with Crippen molar-refractivity contribution in [1.29, 1.82) is 0 Å². The van der Waals surface area contributed by atoms with Crippen LogP contribution >= 0.6 is 23.4 Å². The summed E-state index contributed by atoms with van der Waals surface area (Å²) in [7, 11) is 0. The van der Waals surface area contributed by atoms with E-state index >= 15 is 0 Å². The van der Waals surface area contributed by atoms with E-state index in [9.17, 15) is 9.59 Å². The van der Waals surface area contributed by atoms with Crippen molar-refractivity contribution in [2.75, 3.05) is 12.0 Å². The van der Waals surface area contributed by atoms with E-state index in [0.29, 0.717) is 15.6 Å². The number of hydrogen-bond acceptors (Lipinski definition) is 4. The van der Waals surface area contributed by atoms with Gasteiger partial charge in [0.15, 0.2) is 0 Å². The third-order valence-corrected chi connectivity index (χ3v) is 4.52. The maximum Gasteiger partial charge on any atom is 0.295 e. The van der Waals surface area contributed by atoms with E-state index < -0.39 is 0 Å². The molecule has 1 fully saturated rings. The van der Waals surface area contributed by atoms with Crippen LogP contribution in [0.15, 0.2) is 34.7 Å². The lowest BCUT2D eigenvalue weighted by Gasteiger charge is -2.15. The number of amides is 2. The summed E-state index contributed by atoms with van der Waals surface area (Å²) < 4.78 is 0. The number of thioether (sulfide) groups is 1. The summed E-state index contributed by atoms with van der Waals surface area (Å²) in [6, 6.07) is 7.21. The third-order valence-electron chi connectivity index (χ3n) is 3.07. The molecule has 2 rings (SSSR count). The second-order valence-electron chi connectivity index (χ2n) is 4.38. The molecular weight excluding hydrogens is 296 g/mol. The smallest absolute Gasteiger partial charge is 0.295 e. The van der Waals surface area contributed by atoms with Crippen LogP contribution in [0.2, 0.25) is 5.02 Å². The zero-order valence-electron chi connectivity index (χ0n) is 11.3. The maximum absolute atomic E-state index is 12.2. The Kier molecular flexibility index (Phi) is 4.73. The number of nitrogens with zero attached hydrogens (tertiary/aromatic N) is 1. The van der Waals surface area contributed by atoms with Crippen LogP contribution in [0.4, 0.5) is 10.5 Å². The zero-order valence-corrected chi connectivity index (χ0v) is 12.8. The average molecular weight is 311 g/mol. The summed E-state index contributed by atoms with van der Waals surface area (Å²) in [5, 5.41) is 3.31. The maximum atomic E-state index is 12.2. The first-order valence-corrected chi connectivity index (χ1v) is 7.45. The molecule has 0 radical (unpaired) electrons. The minimum absolute atomic E-state index is 0.120. The number of hydrogen-bond donors (Lipinski definition) is 1. The van der Waals surface area contributed by atoms with Gasteiger partial charge in [0.1, 0.15) is 0 Å². The quantitative estimate of drug-likeness (QED) is 0.851. The topological polar surface area (TPSA) is 49.4 Å². The molecular formula is C14H15ClN2O2S. The zero-order chi connectivity index (χ0) is 14.7. The number of allylic oxidation sites excluding steroid dienone is 1. The summed E-state index contributed by atoms with van der Waals surface area (Å²) in [6.07, 6.45) is 0.757. The van der Waals surface area contributed by atoms with Gasteiger partial charge in [0, 0.05) is 0 Å². The summed E-state index contributed by atoms with van der Waals surface area (Å²) in [4.78, 5) is 25.8. The minimum atomic E-state index is -0.252. The molecule has 20 heavy (non-hydrogen) atoms. The lowest BCUT2D eigenvalue weighted by atomic mass is 10.2. The fraction of sp³-hybridized carbons (Fsp3) is 0.286. The van der Waals surface area contributed by atoms with Gasteiger partial charge in [-0.2, -0.15) is 0 Å². The van der Waals surface area contributed by atoms with Gasteiger partial charge in [0.05, 0.1) is 22.3 Å². The summed E-state index contributed by atoms with van der Waals surface area (Å²) >= 11 is 7.02. The van der Waals surface area contributed by atoms with Gasteiger partial charge in [-0.05, 0) is 37.2 Å². The average Bonchev–Trinajstić information content (AvgIpc) is 2.73. The predicted molar refractivity (Wildman–Crippen MR) is 82.8 cm³/mol. The highest BCUT2D eigenvalue weighted by Crippen LogP contribution is 2.33.